The number of aromatic nitrogens is 2. The van der Waals surface area contributed by atoms with Gasteiger partial charge in [-0.15, -0.1) is 0 Å². The lowest BCUT2D eigenvalue weighted by Gasteiger charge is -2.31. The fourth-order valence-corrected chi connectivity index (χ4v) is 3.21. The molecule has 130 valence electrons. The van der Waals surface area contributed by atoms with E-state index in [0.29, 0.717) is 31.8 Å². The zero-order chi connectivity index (χ0) is 17.5. The average Bonchev–Trinajstić information content (AvgIpc) is 2.50. The van der Waals surface area contributed by atoms with Crippen molar-refractivity contribution in [2.75, 3.05) is 19.7 Å². The lowest BCUT2D eigenvalue weighted by molar-refractivity contribution is -0.136. The Kier molecular flexibility index (Phi) is 4.85. The summed E-state index contributed by atoms with van der Waals surface area (Å²) >= 11 is 1.77. The zero-order valence-corrected chi connectivity index (χ0v) is 15.0. The van der Waals surface area contributed by atoms with Crippen molar-refractivity contribution in [3.05, 3.63) is 43.5 Å². The molecule has 2 aromatic heterocycles. The predicted molar refractivity (Wildman–Crippen MR) is 89.9 cm³/mol. The Morgan fingerprint density at radius 1 is 1.46 bits per heavy atom. The van der Waals surface area contributed by atoms with Crippen LogP contribution in [0.4, 0.5) is 13.2 Å². The Balaban J connectivity index is 2.08. The Morgan fingerprint density at radius 3 is 2.88 bits per heavy atom. The highest BCUT2D eigenvalue weighted by molar-refractivity contribution is 14.1. The van der Waals surface area contributed by atoms with Gasteiger partial charge >= 0.3 is 6.18 Å². The molecule has 9 heteroatoms. The summed E-state index contributed by atoms with van der Waals surface area (Å²) in [6.07, 6.45) is -1.93. The third-order valence-corrected chi connectivity index (χ3v) is 4.59. The Hall–Kier alpha value is -1.20. The van der Waals surface area contributed by atoms with E-state index >= 15 is 0 Å². The molecule has 1 saturated heterocycles. The Labute approximate surface area is 149 Å². The summed E-state index contributed by atoms with van der Waals surface area (Å²) in [6, 6.07) is 1.08. The van der Waals surface area contributed by atoms with Crippen LogP contribution in [0.25, 0.3) is 5.65 Å². The molecule has 1 atom stereocenters. The molecule has 0 aliphatic carbocycles. The maximum atomic E-state index is 13.4. The quantitative estimate of drug-likeness (QED) is 0.657. The van der Waals surface area contributed by atoms with Crippen LogP contribution >= 0.6 is 22.6 Å². The molecule has 0 radical (unpaired) electrons. The molecule has 0 amide bonds. The van der Waals surface area contributed by atoms with Gasteiger partial charge in [0.2, 0.25) is 0 Å². The maximum absolute atomic E-state index is 13.4. The number of morpholine rings is 1. The minimum absolute atomic E-state index is 0.0339. The van der Waals surface area contributed by atoms with Crippen LogP contribution in [0.5, 0.6) is 0 Å². The second-order valence-corrected chi connectivity index (χ2v) is 6.94. The van der Waals surface area contributed by atoms with Crippen LogP contribution in [0.2, 0.25) is 0 Å². The number of fused-ring (bicyclic) bond motifs is 1. The van der Waals surface area contributed by atoms with E-state index in [1.54, 1.807) is 22.6 Å². The first kappa shape index (κ1) is 17.6. The first-order valence-corrected chi connectivity index (χ1v) is 8.44. The van der Waals surface area contributed by atoms with Gasteiger partial charge in [-0.05, 0) is 41.1 Å². The van der Waals surface area contributed by atoms with Crippen molar-refractivity contribution < 1.29 is 17.9 Å². The van der Waals surface area contributed by atoms with Gasteiger partial charge in [0.25, 0.3) is 5.56 Å². The van der Waals surface area contributed by atoms with Gasteiger partial charge in [-0.25, -0.2) is 4.98 Å². The molecule has 1 aliphatic rings. The SMILES string of the molecule is C[C@@H]1CN(Cc2cc(C(F)(F)F)c3ncc(I)c(=O)n3c2)CCO1. The molecule has 0 saturated carbocycles. The van der Waals surface area contributed by atoms with Crippen molar-refractivity contribution in [3.63, 3.8) is 0 Å². The van der Waals surface area contributed by atoms with E-state index < -0.39 is 17.3 Å². The van der Waals surface area contributed by atoms with Crippen molar-refractivity contribution >= 4 is 28.2 Å². The van der Waals surface area contributed by atoms with Gasteiger partial charge in [-0.2, -0.15) is 13.2 Å². The van der Waals surface area contributed by atoms with Gasteiger partial charge < -0.3 is 4.74 Å². The van der Waals surface area contributed by atoms with Gasteiger partial charge in [0.1, 0.15) is 0 Å². The van der Waals surface area contributed by atoms with Crippen LogP contribution in [-0.4, -0.2) is 40.1 Å². The largest absolute Gasteiger partial charge is 0.419 e. The number of hydrogen-bond acceptors (Lipinski definition) is 4. The van der Waals surface area contributed by atoms with E-state index in [9.17, 15) is 18.0 Å². The van der Waals surface area contributed by atoms with Crippen LogP contribution in [-0.2, 0) is 17.5 Å². The standard InChI is InChI=1S/C15H15F3IN3O2/c1-9-6-21(2-3-24-9)7-10-4-11(15(16,17)18)13-20-5-12(19)14(23)22(13)8-10/h4-5,8-9H,2-3,6-7H2,1H3/t9-/m1/s1. The van der Waals surface area contributed by atoms with Crippen LogP contribution in [0.3, 0.4) is 0 Å². The van der Waals surface area contributed by atoms with E-state index in [0.717, 1.165) is 16.7 Å². The highest BCUT2D eigenvalue weighted by Crippen LogP contribution is 2.32. The fraction of sp³-hybridized carbons (Fsp3) is 0.467. The normalized spacial score (nSPS) is 19.8. The first-order valence-electron chi connectivity index (χ1n) is 7.36. The van der Waals surface area contributed by atoms with Crippen molar-refractivity contribution in [2.45, 2.75) is 25.7 Å². The number of pyridine rings is 1. The van der Waals surface area contributed by atoms with E-state index in [2.05, 4.69) is 4.98 Å². The van der Waals surface area contributed by atoms with Crippen molar-refractivity contribution in [3.8, 4) is 0 Å². The molecule has 5 nitrogen and oxygen atoms in total. The van der Waals surface area contributed by atoms with Crippen molar-refractivity contribution in [1.29, 1.82) is 0 Å². The molecular weight excluding hydrogens is 438 g/mol. The second kappa shape index (κ2) is 6.60. The molecule has 0 N–H and O–H groups in total. The summed E-state index contributed by atoms with van der Waals surface area (Å²) in [4.78, 5) is 18.0. The molecule has 0 spiro atoms. The third-order valence-electron chi connectivity index (χ3n) is 3.85. The number of nitrogens with zero attached hydrogens (tertiary/aromatic N) is 3. The lowest BCUT2D eigenvalue weighted by atomic mass is 10.1. The van der Waals surface area contributed by atoms with Crippen LogP contribution in [0.1, 0.15) is 18.1 Å². The van der Waals surface area contributed by atoms with Crippen molar-refractivity contribution in [1.82, 2.24) is 14.3 Å². The molecule has 2 aromatic rings. The number of hydrogen-bond donors (Lipinski definition) is 0. The molecule has 3 heterocycles. The van der Waals surface area contributed by atoms with Crippen LogP contribution < -0.4 is 5.56 Å². The fourth-order valence-electron chi connectivity index (χ4n) is 2.81. The third kappa shape index (κ3) is 3.57. The van der Waals surface area contributed by atoms with E-state index in [1.807, 2.05) is 11.8 Å². The van der Waals surface area contributed by atoms with Gasteiger partial charge in [-0.1, -0.05) is 0 Å². The number of halogens is 4. The number of ether oxygens (including phenoxy) is 1. The summed E-state index contributed by atoms with van der Waals surface area (Å²) in [5.74, 6) is 0. The van der Waals surface area contributed by atoms with Gasteiger partial charge in [-0.3, -0.25) is 14.1 Å². The van der Waals surface area contributed by atoms with Crippen LogP contribution in [0.15, 0.2) is 23.3 Å². The molecule has 1 fully saturated rings. The van der Waals surface area contributed by atoms with E-state index in [1.165, 1.54) is 6.20 Å². The Bertz CT molecular complexity index is 822. The number of rotatable bonds is 2. The minimum Gasteiger partial charge on any atom is -0.376 e. The van der Waals surface area contributed by atoms with Gasteiger partial charge in [0, 0.05) is 32.0 Å². The minimum atomic E-state index is -4.58. The monoisotopic (exact) mass is 453 g/mol. The summed E-state index contributed by atoms with van der Waals surface area (Å²) in [5.41, 5.74) is -1.33. The summed E-state index contributed by atoms with van der Waals surface area (Å²) in [5, 5.41) is 0. The molecule has 1 aliphatic heterocycles. The van der Waals surface area contributed by atoms with Crippen LogP contribution in [0, 0.1) is 3.57 Å². The molecular formula is C15H15F3IN3O2. The number of alkyl halides is 3. The van der Waals surface area contributed by atoms with E-state index in [4.69, 9.17) is 4.74 Å². The zero-order valence-electron chi connectivity index (χ0n) is 12.8. The molecule has 3 rings (SSSR count). The smallest absolute Gasteiger partial charge is 0.376 e. The van der Waals surface area contributed by atoms with Crippen molar-refractivity contribution in [2.24, 2.45) is 0 Å². The second-order valence-electron chi connectivity index (χ2n) is 5.78. The summed E-state index contributed by atoms with van der Waals surface area (Å²) in [6.45, 7) is 4.07. The predicted octanol–water partition coefficient (Wildman–Crippen LogP) is 2.54. The molecule has 0 aromatic carbocycles. The topological polar surface area (TPSA) is 46.8 Å². The summed E-state index contributed by atoms with van der Waals surface area (Å²) < 4.78 is 46.8. The molecule has 24 heavy (non-hydrogen) atoms. The Morgan fingerprint density at radius 2 is 2.21 bits per heavy atom. The summed E-state index contributed by atoms with van der Waals surface area (Å²) in [7, 11) is 0. The van der Waals surface area contributed by atoms with Gasteiger partial charge in [0.05, 0.1) is 21.8 Å². The lowest BCUT2D eigenvalue weighted by Crippen LogP contribution is -2.40. The highest BCUT2D eigenvalue weighted by atomic mass is 127. The highest BCUT2D eigenvalue weighted by Gasteiger charge is 2.34. The maximum Gasteiger partial charge on any atom is 0.419 e. The average molecular weight is 453 g/mol. The first-order chi connectivity index (χ1) is 11.3. The van der Waals surface area contributed by atoms with Gasteiger partial charge in [0.15, 0.2) is 5.65 Å². The molecule has 0 bridgehead atoms. The molecule has 0 unspecified atom stereocenters. The van der Waals surface area contributed by atoms with E-state index in [-0.39, 0.29) is 15.3 Å².